The van der Waals surface area contributed by atoms with E-state index in [2.05, 4.69) is 5.32 Å². The van der Waals surface area contributed by atoms with Gasteiger partial charge in [-0.05, 0) is 30.3 Å². The summed E-state index contributed by atoms with van der Waals surface area (Å²) in [6.45, 7) is 0. The van der Waals surface area contributed by atoms with E-state index in [0.717, 1.165) is 5.76 Å². The lowest BCUT2D eigenvalue weighted by molar-refractivity contribution is -0.116. The third kappa shape index (κ3) is 3.70. The van der Waals surface area contributed by atoms with Gasteiger partial charge in [-0.25, -0.2) is 0 Å². The van der Waals surface area contributed by atoms with Gasteiger partial charge in [0.25, 0.3) is 0 Å². The van der Waals surface area contributed by atoms with Crippen LogP contribution in [-0.4, -0.2) is 11.8 Å². The number of aryl methyl sites for hydroxylation is 1. The van der Waals surface area contributed by atoms with Gasteiger partial charge in [0.2, 0.25) is 11.8 Å². The molecule has 3 N–H and O–H groups in total. The number of hydrogen-bond donors (Lipinski definition) is 2. The highest BCUT2D eigenvalue weighted by molar-refractivity contribution is 5.96. The van der Waals surface area contributed by atoms with E-state index < -0.39 is 5.91 Å². The predicted molar refractivity (Wildman–Crippen MR) is 70.6 cm³/mol. The molecule has 1 aromatic carbocycles. The number of nitrogens with two attached hydrogens (primary N) is 1. The third-order valence-electron chi connectivity index (χ3n) is 2.61. The van der Waals surface area contributed by atoms with Crippen LogP contribution in [-0.2, 0) is 11.2 Å². The van der Waals surface area contributed by atoms with Crippen molar-refractivity contribution in [2.75, 3.05) is 5.32 Å². The standard InChI is InChI=1S/C14H14N2O3/c15-14(18)10-3-1-4-11(9-10)16-13(17)7-6-12-5-2-8-19-12/h1-5,8-9H,6-7H2,(H2,15,18)(H,16,17). The molecule has 2 rings (SSSR count). The Balaban J connectivity index is 1.91. The predicted octanol–water partition coefficient (Wildman–Crippen LogP) is 1.95. The maximum Gasteiger partial charge on any atom is 0.248 e. The van der Waals surface area contributed by atoms with Crippen molar-refractivity contribution in [3.05, 3.63) is 54.0 Å². The summed E-state index contributed by atoms with van der Waals surface area (Å²) in [6, 6.07) is 10.1. The van der Waals surface area contributed by atoms with Crippen molar-refractivity contribution < 1.29 is 14.0 Å². The Kier molecular flexibility index (Phi) is 3.97. The van der Waals surface area contributed by atoms with Gasteiger partial charge in [0.15, 0.2) is 0 Å². The van der Waals surface area contributed by atoms with Crippen LogP contribution in [0.2, 0.25) is 0 Å². The van der Waals surface area contributed by atoms with Crippen LogP contribution >= 0.6 is 0 Å². The molecule has 0 unspecified atom stereocenters. The molecule has 5 heteroatoms. The number of benzene rings is 1. The minimum Gasteiger partial charge on any atom is -0.469 e. The van der Waals surface area contributed by atoms with Crippen molar-refractivity contribution in [2.45, 2.75) is 12.8 Å². The summed E-state index contributed by atoms with van der Waals surface area (Å²) in [6.07, 6.45) is 2.42. The Morgan fingerprint density at radius 2 is 2.05 bits per heavy atom. The monoisotopic (exact) mass is 258 g/mol. The largest absolute Gasteiger partial charge is 0.469 e. The zero-order chi connectivity index (χ0) is 13.7. The lowest BCUT2D eigenvalue weighted by atomic mass is 10.2. The molecular weight excluding hydrogens is 244 g/mol. The average molecular weight is 258 g/mol. The number of rotatable bonds is 5. The fourth-order valence-electron chi connectivity index (χ4n) is 1.67. The summed E-state index contributed by atoms with van der Waals surface area (Å²) in [5, 5.41) is 2.71. The molecule has 0 aliphatic heterocycles. The van der Waals surface area contributed by atoms with Gasteiger partial charge in [-0.15, -0.1) is 0 Å². The van der Waals surface area contributed by atoms with E-state index in [1.807, 2.05) is 6.07 Å². The minimum atomic E-state index is -0.522. The zero-order valence-electron chi connectivity index (χ0n) is 10.3. The van der Waals surface area contributed by atoms with Gasteiger partial charge in [-0.2, -0.15) is 0 Å². The fraction of sp³-hybridized carbons (Fsp3) is 0.143. The summed E-state index contributed by atoms with van der Waals surface area (Å²) in [4.78, 5) is 22.7. The first kappa shape index (κ1) is 12.9. The highest BCUT2D eigenvalue weighted by atomic mass is 16.3. The first-order valence-corrected chi connectivity index (χ1v) is 5.87. The van der Waals surface area contributed by atoms with Gasteiger partial charge in [-0.1, -0.05) is 6.07 Å². The fourth-order valence-corrected chi connectivity index (χ4v) is 1.67. The number of primary amides is 1. The molecular formula is C14H14N2O3. The van der Waals surface area contributed by atoms with Crippen LogP contribution in [0.1, 0.15) is 22.5 Å². The first-order chi connectivity index (χ1) is 9.15. The topological polar surface area (TPSA) is 85.3 Å². The van der Waals surface area contributed by atoms with E-state index in [0.29, 0.717) is 24.1 Å². The van der Waals surface area contributed by atoms with Gasteiger partial charge in [-0.3, -0.25) is 9.59 Å². The molecule has 2 amide bonds. The molecule has 0 saturated heterocycles. The molecule has 0 fully saturated rings. The number of nitrogens with one attached hydrogen (secondary N) is 1. The molecule has 0 aliphatic carbocycles. The highest BCUT2D eigenvalue weighted by Gasteiger charge is 2.06. The Hall–Kier alpha value is -2.56. The van der Waals surface area contributed by atoms with Gasteiger partial charge < -0.3 is 15.5 Å². The molecule has 1 heterocycles. The quantitative estimate of drug-likeness (QED) is 0.859. The second-order valence-electron chi connectivity index (χ2n) is 4.07. The van der Waals surface area contributed by atoms with Gasteiger partial charge in [0.05, 0.1) is 6.26 Å². The van der Waals surface area contributed by atoms with E-state index in [1.54, 1.807) is 36.6 Å². The van der Waals surface area contributed by atoms with Crippen molar-refractivity contribution in [3.8, 4) is 0 Å². The van der Waals surface area contributed by atoms with Crippen LogP contribution in [0.3, 0.4) is 0 Å². The van der Waals surface area contributed by atoms with E-state index in [9.17, 15) is 9.59 Å². The molecule has 0 saturated carbocycles. The summed E-state index contributed by atoms with van der Waals surface area (Å²) in [5.74, 6) is 0.103. The van der Waals surface area contributed by atoms with Crippen LogP contribution in [0, 0.1) is 0 Å². The van der Waals surface area contributed by atoms with Crippen LogP contribution in [0.25, 0.3) is 0 Å². The first-order valence-electron chi connectivity index (χ1n) is 5.87. The van der Waals surface area contributed by atoms with Crippen LogP contribution in [0.5, 0.6) is 0 Å². The summed E-state index contributed by atoms with van der Waals surface area (Å²) in [5.41, 5.74) is 6.09. The van der Waals surface area contributed by atoms with Crippen LogP contribution < -0.4 is 11.1 Å². The summed E-state index contributed by atoms with van der Waals surface area (Å²) < 4.78 is 5.14. The maximum absolute atomic E-state index is 11.7. The maximum atomic E-state index is 11.7. The normalized spacial score (nSPS) is 10.1. The van der Waals surface area contributed by atoms with Crippen LogP contribution in [0.4, 0.5) is 5.69 Å². The highest BCUT2D eigenvalue weighted by Crippen LogP contribution is 2.11. The number of furan rings is 1. The van der Waals surface area contributed by atoms with Gasteiger partial charge in [0, 0.05) is 24.1 Å². The SMILES string of the molecule is NC(=O)c1cccc(NC(=O)CCc2ccco2)c1. The molecule has 0 spiro atoms. The minimum absolute atomic E-state index is 0.141. The Morgan fingerprint density at radius 1 is 1.21 bits per heavy atom. The van der Waals surface area contributed by atoms with E-state index in [-0.39, 0.29) is 5.91 Å². The molecule has 1 aromatic heterocycles. The van der Waals surface area contributed by atoms with Crippen molar-refractivity contribution in [1.29, 1.82) is 0 Å². The molecule has 2 aromatic rings. The van der Waals surface area contributed by atoms with Crippen molar-refractivity contribution in [1.82, 2.24) is 0 Å². The van der Waals surface area contributed by atoms with E-state index in [4.69, 9.17) is 10.2 Å². The van der Waals surface area contributed by atoms with Crippen LogP contribution in [0.15, 0.2) is 47.1 Å². The van der Waals surface area contributed by atoms with Gasteiger partial charge >= 0.3 is 0 Å². The summed E-state index contributed by atoms with van der Waals surface area (Å²) >= 11 is 0. The number of amides is 2. The number of carbonyl (C=O) groups excluding carboxylic acids is 2. The average Bonchev–Trinajstić information content (AvgIpc) is 2.90. The Morgan fingerprint density at radius 3 is 2.74 bits per heavy atom. The molecule has 5 nitrogen and oxygen atoms in total. The molecule has 0 radical (unpaired) electrons. The Bertz CT molecular complexity index is 576. The third-order valence-corrected chi connectivity index (χ3v) is 2.61. The van der Waals surface area contributed by atoms with E-state index in [1.165, 1.54) is 0 Å². The van der Waals surface area contributed by atoms with E-state index >= 15 is 0 Å². The molecule has 98 valence electrons. The molecule has 0 atom stereocenters. The second-order valence-corrected chi connectivity index (χ2v) is 4.07. The van der Waals surface area contributed by atoms with Gasteiger partial charge in [0.1, 0.15) is 5.76 Å². The number of anilines is 1. The smallest absolute Gasteiger partial charge is 0.248 e. The molecule has 0 bridgehead atoms. The Labute approximate surface area is 110 Å². The second kappa shape index (κ2) is 5.86. The van der Waals surface area contributed by atoms with Crippen molar-refractivity contribution >= 4 is 17.5 Å². The lowest BCUT2D eigenvalue weighted by Crippen LogP contribution is -2.14. The number of hydrogen-bond acceptors (Lipinski definition) is 3. The summed E-state index contributed by atoms with van der Waals surface area (Å²) in [7, 11) is 0. The van der Waals surface area contributed by atoms with Crippen molar-refractivity contribution in [3.63, 3.8) is 0 Å². The molecule has 19 heavy (non-hydrogen) atoms. The molecule has 0 aliphatic rings. The number of carbonyl (C=O) groups is 2. The van der Waals surface area contributed by atoms with Crippen molar-refractivity contribution in [2.24, 2.45) is 5.73 Å². The zero-order valence-corrected chi connectivity index (χ0v) is 10.3. The lowest BCUT2D eigenvalue weighted by Gasteiger charge is -2.05.